The number of rotatable bonds is 6. The Kier molecular flexibility index (Phi) is 6.12. The Labute approximate surface area is 103 Å². The number of nitrogens with one attached hydrogen (secondary N) is 2. The summed E-state index contributed by atoms with van der Waals surface area (Å²) in [7, 11) is 4.01. The number of imide groups is 1. The fourth-order valence-corrected chi connectivity index (χ4v) is 1.66. The van der Waals surface area contributed by atoms with Crippen LogP contribution < -0.4 is 16.4 Å². The van der Waals surface area contributed by atoms with Crippen molar-refractivity contribution >= 4 is 11.9 Å². The van der Waals surface area contributed by atoms with Crippen molar-refractivity contribution < 1.29 is 9.59 Å². The maximum Gasteiger partial charge on any atom is 0.318 e. The molecule has 0 heterocycles. The van der Waals surface area contributed by atoms with E-state index in [1.165, 1.54) is 0 Å². The number of carbonyl (C=O) groups is 2. The number of hydrogen-bond acceptors (Lipinski definition) is 4. The van der Waals surface area contributed by atoms with E-state index in [0.717, 1.165) is 6.54 Å². The Hall–Kier alpha value is -1.14. The molecule has 0 aliphatic carbocycles. The Bertz CT molecular complexity index is 277. The zero-order valence-corrected chi connectivity index (χ0v) is 11.3. The van der Waals surface area contributed by atoms with Crippen LogP contribution in [0.3, 0.4) is 0 Å². The first kappa shape index (κ1) is 15.9. The lowest BCUT2D eigenvalue weighted by molar-refractivity contribution is -0.121. The summed E-state index contributed by atoms with van der Waals surface area (Å²) in [4.78, 5) is 24.0. The first-order chi connectivity index (χ1) is 7.64. The van der Waals surface area contributed by atoms with Crippen LogP contribution in [0.4, 0.5) is 4.79 Å². The molecular formula is C11H24N4O2. The largest absolute Gasteiger partial charge is 0.351 e. The van der Waals surface area contributed by atoms with Gasteiger partial charge in [-0.1, -0.05) is 13.8 Å². The lowest BCUT2D eigenvalue weighted by Gasteiger charge is -2.29. The minimum Gasteiger partial charge on any atom is -0.351 e. The molecule has 0 radical (unpaired) electrons. The molecular weight excluding hydrogens is 220 g/mol. The molecule has 0 spiro atoms. The quantitative estimate of drug-likeness (QED) is 0.601. The van der Waals surface area contributed by atoms with Crippen molar-refractivity contribution in [2.45, 2.75) is 26.8 Å². The molecule has 6 heteroatoms. The number of hydrogen-bond donors (Lipinski definition) is 3. The van der Waals surface area contributed by atoms with Crippen LogP contribution in [0.25, 0.3) is 0 Å². The highest BCUT2D eigenvalue weighted by Gasteiger charge is 2.21. The summed E-state index contributed by atoms with van der Waals surface area (Å²) in [6.07, 6.45) is 0. The van der Waals surface area contributed by atoms with Gasteiger partial charge in [-0.3, -0.25) is 10.1 Å². The van der Waals surface area contributed by atoms with Crippen molar-refractivity contribution in [2.24, 2.45) is 11.1 Å². The van der Waals surface area contributed by atoms with E-state index in [2.05, 4.69) is 24.1 Å². The van der Waals surface area contributed by atoms with E-state index < -0.39 is 18.0 Å². The second-order valence-corrected chi connectivity index (χ2v) is 5.36. The molecule has 0 aromatic heterocycles. The number of urea groups is 1. The highest BCUT2D eigenvalue weighted by molar-refractivity contribution is 5.96. The fourth-order valence-electron chi connectivity index (χ4n) is 1.66. The first-order valence-electron chi connectivity index (χ1n) is 5.62. The normalized spacial score (nSPS) is 13.5. The Morgan fingerprint density at radius 2 is 1.88 bits per heavy atom. The van der Waals surface area contributed by atoms with E-state index in [1.807, 2.05) is 19.4 Å². The lowest BCUT2D eigenvalue weighted by Crippen LogP contribution is -2.49. The molecule has 100 valence electrons. The van der Waals surface area contributed by atoms with Gasteiger partial charge in [0.1, 0.15) is 0 Å². The molecule has 0 rings (SSSR count). The monoisotopic (exact) mass is 244 g/mol. The van der Waals surface area contributed by atoms with Gasteiger partial charge in [0.15, 0.2) is 0 Å². The van der Waals surface area contributed by atoms with Crippen LogP contribution in [0.15, 0.2) is 0 Å². The van der Waals surface area contributed by atoms with Crippen LogP contribution in [-0.2, 0) is 4.79 Å². The predicted molar refractivity (Wildman–Crippen MR) is 67.5 cm³/mol. The van der Waals surface area contributed by atoms with Gasteiger partial charge in [0, 0.05) is 13.1 Å². The molecule has 0 fully saturated rings. The zero-order valence-electron chi connectivity index (χ0n) is 11.3. The number of nitrogens with two attached hydrogens (primary N) is 1. The summed E-state index contributed by atoms with van der Waals surface area (Å²) in [5.74, 6) is -0.404. The van der Waals surface area contributed by atoms with Gasteiger partial charge < -0.3 is 16.0 Å². The molecule has 0 saturated carbocycles. The Morgan fingerprint density at radius 1 is 1.35 bits per heavy atom. The summed E-state index contributed by atoms with van der Waals surface area (Å²) in [5, 5.41) is 5.13. The van der Waals surface area contributed by atoms with Crippen LogP contribution >= 0.6 is 0 Å². The van der Waals surface area contributed by atoms with Gasteiger partial charge in [0.05, 0.1) is 6.04 Å². The summed E-state index contributed by atoms with van der Waals surface area (Å²) >= 11 is 0. The molecule has 1 atom stereocenters. The van der Waals surface area contributed by atoms with Crippen LogP contribution in [-0.4, -0.2) is 50.1 Å². The average Bonchev–Trinajstić information content (AvgIpc) is 2.11. The Balaban J connectivity index is 4.10. The summed E-state index contributed by atoms with van der Waals surface area (Å²) < 4.78 is 0. The highest BCUT2D eigenvalue weighted by Crippen LogP contribution is 2.14. The van der Waals surface area contributed by atoms with Gasteiger partial charge >= 0.3 is 6.03 Å². The number of carbonyl (C=O) groups excluding carboxylic acids is 2. The molecule has 0 bridgehead atoms. The third-order valence-corrected chi connectivity index (χ3v) is 2.27. The molecule has 0 aromatic carbocycles. The predicted octanol–water partition coefficient (Wildman–Crippen LogP) is -0.253. The Morgan fingerprint density at radius 3 is 2.29 bits per heavy atom. The van der Waals surface area contributed by atoms with Crippen LogP contribution in [0.2, 0.25) is 0 Å². The molecule has 0 saturated heterocycles. The van der Waals surface area contributed by atoms with Crippen molar-refractivity contribution in [1.29, 1.82) is 0 Å². The van der Waals surface area contributed by atoms with Crippen LogP contribution in [0, 0.1) is 5.41 Å². The van der Waals surface area contributed by atoms with Gasteiger partial charge in [0.2, 0.25) is 5.91 Å². The van der Waals surface area contributed by atoms with Gasteiger partial charge in [-0.15, -0.1) is 0 Å². The molecule has 0 aromatic rings. The maximum absolute atomic E-state index is 11.4. The second kappa shape index (κ2) is 6.56. The second-order valence-electron chi connectivity index (χ2n) is 5.36. The lowest BCUT2D eigenvalue weighted by atomic mass is 9.92. The summed E-state index contributed by atoms with van der Waals surface area (Å²) in [6, 6.07) is -1.26. The average molecular weight is 244 g/mol. The van der Waals surface area contributed by atoms with Crippen LogP contribution in [0.1, 0.15) is 20.8 Å². The van der Waals surface area contributed by atoms with E-state index in [9.17, 15) is 9.59 Å². The van der Waals surface area contributed by atoms with E-state index in [1.54, 1.807) is 6.92 Å². The molecule has 6 nitrogen and oxygen atoms in total. The van der Waals surface area contributed by atoms with Crippen molar-refractivity contribution in [3.8, 4) is 0 Å². The van der Waals surface area contributed by atoms with E-state index in [4.69, 9.17) is 5.73 Å². The minimum atomic E-state index is -0.823. The van der Waals surface area contributed by atoms with Crippen LogP contribution in [0.5, 0.6) is 0 Å². The number of amides is 3. The van der Waals surface area contributed by atoms with Crippen molar-refractivity contribution in [3.63, 3.8) is 0 Å². The maximum atomic E-state index is 11.4. The van der Waals surface area contributed by atoms with E-state index in [0.29, 0.717) is 6.54 Å². The zero-order chi connectivity index (χ0) is 13.6. The van der Waals surface area contributed by atoms with Gasteiger partial charge in [-0.25, -0.2) is 4.79 Å². The molecule has 4 N–H and O–H groups in total. The van der Waals surface area contributed by atoms with Crippen molar-refractivity contribution in [3.05, 3.63) is 0 Å². The van der Waals surface area contributed by atoms with Crippen molar-refractivity contribution in [2.75, 3.05) is 27.2 Å². The summed E-state index contributed by atoms with van der Waals surface area (Å²) in [5.41, 5.74) is 4.92. The fraction of sp³-hybridized carbons (Fsp3) is 0.818. The number of nitrogens with zero attached hydrogens (tertiary/aromatic N) is 1. The molecule has 0 aliphatic heterocycles. The van der Waals surface area contributed by atoms with Crippen molar-refractivity contribution in [1.82, 2.24) is 15.5 Å². The molecule has 1 unspecified atom stereocenters. The smallest absolute Gasteiger partial charge is 0.318 e. The molecule has 3 amide bonds. The third-order valence-electron chi connectivity index (χ3n) is 2.27. The van der Waals surface area contributed by atoms with Gasteiger partial charge in [0.25, 0.3) is 0 Å². The number of primary amides is 1. The molecule has 0 aliphatic rings. The topological polar surface area (TPSA) is 87.5 Å². The summed E-state index contributed by atoms with van der Waals surface area (Å²) in [6.45, 7) is 7.50. The standard InChI is InChI=1S/C11H24N4O2/c1-8(9(16)14-10(12)17)13-6-11(2,3)7-15(4)5/h8,13H,6-7H2,1-5H3,(H3,12,14,16,17). The first-order valence-corrected chi connectivity index (χ1v) is 5.62. The van der Waals surface area contributed by atoms with Gasteiger partial charge in [-0.2, -0.15) is 0 Å². The van der Waals surface area contributed by atoms with Gasteiger partial charge in [-0.05, 0) is 26.4 Å². The van der Waals surface area contributed by atoms with E-state index >= 15 is 0 Å². The third kappa shape index (κ3) is 7.70. The van der Waals surface area contributed by atoms with E-state index in [-0.39, 0.29) is 5.41 Å². The highest BCUT2D eigenvalue weighted by atomic mass is 16.2. The SMILES string of the molecule is CC(NCC(C)(C)CN(C)C)C(=O)NC(N)=O. The minimum absolute atomic E-state index is 0.0464. The molecule has 17 heavy (non-hydrogen) atoms.